The molecule has 1 aromatic heterocycles. The molecule has 1 aliphatic carbocycles. The first-order chi connectivity index (χ1) is 10.2. The van der Waals surface area contributed by atoms with E-state index in [0.29, 0.717) is 18.4 Å². The van der Waals surface area contributed by atoms with Crippen molar-refractivity contribution in [1.29, 1.82) is 0 Å². The molecule has 0 N–H and O–H groups in total. The van der Waals surface area contributed by atoms with Crippen LogP contribution in [-0.4, -0.2) is 18.7 Å². The molecule has 3 rings (SSSR count). The number of benzene rings is 1. The van der Waals surface area contributed by atoms with Gasteiger partial charge in [-0.25, -0.2) is 0 Å². The van der Waals surface area contributed by atoms with Gasteiger partial charge in [0.25, 0.3) is 0 Å². The van der Waals surface area contributed by atoms with E-state index >= 15 is 0 Å². The number of hydrogen-bond donors (Lipinski definition) is 0. The minimum absolute atomic E-state index is 0.0645. The lowest BCUT2D eigenvalue weighted by Gasteiger charge is -2.24. The molecule has 0 amide bonds. The molecule has 0 spiro atoms. The average Bonchev–Trinajstić information content (AvgIpc) is 3.04. The van der Waals surface area contributed by atoms with Crippen molar-refractivity contribution in [3.8, 4) is 5.75 Å². The minimum Gasteiger partial charge on any atom is -0.496 e. The van der Waals surface area contributed by atoms with Crippen LogP contribution in [0.1, 0.15) is 38.4 Å². The van der Waals surface area contributed by atoms with Crippen LogP contribution in [0.15, 0.2) is 35.7 Å². The van der Waals surface area contributed by atoms with E-state index in [1.807, 2.05) is 35.7 Å². The van der Waals surface area contributed by atoms with E-state index in [0.717, 1.165) is 22.6 Å². The highest BCUT2D eigenvalue weighted by Gasteiger charge is 2.30. The maximum Gasteiger partial charge on any atom is 0.173 e. The molecule has 108 valence electrons. The maximum absolute atomic E-state index is 12.6. The zero-order valence-electron chi connectivity index (χ0n) is 11.8. The van der Waals surface area contributed by atoms with Gasteiger partial charge in [0.05, 0.1) is 12.0 Å². The Labute approximate surface area is 127 Å². The van der Waals surface area contributed by atoms with E-state index in [1.165, 1.54) is 11.3 Å². The molecular formula is C17H16O3S. The Bertz CT molecular complexity index is 673. The highest BCUT2D eigenvalue weighted by Crippen LogP contribution is 2.34. The summed E-state index contributed by atoms with van der Waals surface area (Å²) < 4.78 is 5.32. The van der Waals surface area contributed by atoms with Crippen molar-refractivity contribution in [3.05, 3.63) is 51.7 Å². The minimum atomic E-state index is -0.209. The van der Waals surface area contributed by atoms with Crippen LogP contribution in [0.25, 0.3) is 0 Å². The number of ether oxygens (including phenoxy) is 1. The van der Waals surface area contributed by atoms with Crippen LogP contribution >= 0.6 is 11.3 Å². The van der Waals surface area contributed by atoms with Gasteiger partial charge in [0.1, 0.15) is 5.75 Å². The van der Waals surface area contributed by atoms with E-state index in [9.17, 15) is 9.59 Å². The number of carbonyl (C=O) groups excluding carboxylic acids is 2. The molecule has 21 heavy (non-hydrogen) atoms. The van der Waals surface area contributed by atoms with E-state index in [-0.39, 0.29) is 17.5 Å². The highest BCUT2D eigenvalue weighted by atomic mass is 32.1. The predicted octanol–water partition coefficient (Wildman–Crippen LogP) is 3.77. The van der Waals surface area contributed by atoms with Crippen LogP contribution in [-0.2, 0) is 6.42 Å². The number of rotatable bonds is 4. The van der Waals surface area contributed by atoms with Crippen LogP contribution in [0, 0.1) is 5.92 Å². The molecule has 3 nitrogen and oxygen atoms in total. The van der Waals surface area contributed by atoms with E-state index in [1.54, 1.807) is 7.11 Å². The molecule has 1 aliphatic rings. The summed E-state index contributed by atoms with van der Waals surface area (Å²) in [6, 6.07) is 9.22. The van der Waals surface area contributed by atoms with Gasteiger partial charge in [0, 0.05) is 23.5 Å². The van der Waals surface area contributed by atoms with Gasteiger partial charge in [-0.15, -0.1) is 11.3 Å². The molecule has 1 atom stereocenters. The molecule has 1 heterocycles. The van der Waals surface area contributed by atoms with Crippen molar-refractivity contribution < 1.29 is 14.3 Å². The van der Waals surface area contributed by atoms with Gasteiger partial charge in [-0.2, -0.15) is 0 Å². The summed E-state index contributed by atoms with van der Waals surface area (Å²) in [6.07, 6.45) is 1.80. The molecule has 1 unspecified atom stereocenters. The normalized spacial score (nSPS) is 17.4. The van der Waals surface area contributed by atoms with E-state index < -0.39 is 0 Å². The van der Waals surface area contributed by atoms with E-state index in [2.05, 4.69) is 0 Å². The van der Waals surface area contributed by atoms with Gasteiger partial charge in [-0.3, -0.25) is 9.59 Å². The average molecular weight is 300 g/mol. The lowest BCUT2D eigenvalue weighted by atomic mass is 9.80. The predicted molar refractivity (Wildman–Crippen MR) is 82.4 cm³/mol. The van der Waals surface area contributed by atoms with Crippen LogP contribution in [0.4, 0.5) is 0 Å². The third-order valence-corrected chi connectivity index (χ3v) is 4.87. The van der Waals surface area contributed by atoms with E-state index in [4.69, 9.17) is 4.74 Å². The summed E-state index contributed by atoms with van der Waals surface area (Å²) in [5.41, 5.74) is 1.69. The zero-order chi connectivity index (χ0) is 14.8. The SMILES string of the molecule is COc1cccc2c1CCC(CC(=O)c1cccs1)C2=O. The molecule has 1 aromatic carbocycles. The fourth-order valence-electron chi connectivity index (χ4n) is 2.87. The number of fused-ring (bicyclic) bond motifs is 1. The third-order valence-electron chi connectivity index (χ3n) is 3.96. The van der Waals surface area contributed by atoms with Gasteiger partial charge in [0.15, 0.2) is 11.6 Å². The second-order valence-electron chi connectivity index (χ2n) is 5.19. The smallest absolute Gasteiger partial charge is 0.173 e. The first-order valence-electron chi connectivity index (χ1n) is 6.97. The second kappa shape index (κ2) is 5.82. The summed E-state index contributed by atoms with van der Waals surface area (Å²) in [4.78, 5) is 25.5. The summed E-state index contributed by atoms with van der Waals surface area (Å²) >= 11 is 1.43. The van der Waals surface area contributed by atoms with Gasteiger partial charge >= 0.3 is 0 Å². The number of hydrogen-bond acceptors (Lipinski definition) is 4. The Kier molecular flexibility index (Phi) is 3.88. The summed E-state index contributed by atoms with van der Waals surface area (Å²) in [5.74, 6) is 0.692. The van der Waals surface area contributed by atoms with Crippen molar-refractivity contribution in [2.24, 2.45) is 5.92 Å². The molecular weight excluding hydrogens is 284 g/mol. The summed E-state index contributed by atoms with van der Waals surface area (Å²) in [7, 11) is 1.62. The molecule has 0 saturated heterocycles. The molecule has 0 bridgehead atoms. The monoisotopic (exact) mass is 300 g/mol. The standard InChI is InChI=1S/C17H16O3S/c1-20-15-5-2-4-13-12(15)8-7-11(17(13)19)10-14(18)16-6-3-9-21-16/h2-6,9,11H,7-8,10H2,1H3. The van der Waals surface area contributed by atoms with Gasteiger partial charge in [-0.1, -0.05) is 18.2 Å². The van der Waals surface area contributed by atoms with Crippen molar-refractivity contribution in [3.63, 3.8) is 0 Å². The summed E-state index contributed by atoms with van der Waals surface area (Å²) in [5, 5.41) is 1.89. The second-order valence-corrected chi connectivity index (χ2v) is 6.14. The van der Waals surface area contributed by atoms with Crippen LogP contribution in [0.3, 0.4) is 0 Å². The molecule has 0 aliphatic heterocycles. The fraction of sp³-hybridized carbons (Fsp3) is 0.294. The number of thiophene rings is 1. The Morgan fingerprint density at radius 3 is 2.90 bits per heavy atom. The Morgan fingerprint density at radius 1 is 1.33 bits per heavy atom. The van der Waals surface area contributed by atoms with Gasteiger partial charge < -0.3 is 4.74 Å². The fourth-order valence-corrected chi connectivity index (χ4v) is 3.55. The first-order valence-corrected chi connectivity index (χ1v) is 7.85. The molecule has 0 radical (unpaired) electrons. The van der Waals surface area contributed by atoms with Crippen molar-refractivity contribution in [2.45, 2.75) is 19.3 Å². The van der Waals surface area contributed by atoms with Crippen LogP contribution in [0.5, 0.6) is 5.75 Å². The molecule has 0 fully saturated rings. The summed E-state index contributed by atoms with van der Waals surface area (Å²) in [6.45, 7) is 0. The van der Waals surface area contributed by atoms with Crippen molar-refractivity contribution in [2.75, 3.05) is 7.11 Å². The lowest BCUT2D eigenvalue weighted by molar-refractivity contribution is 0.0837. The maximum atomic E-state index is 12.6. The lowest BCUT2D eigenvalue weighted by Crippen LogP contribution is -2.25. The van der Waals surface area contributed by atoms with Crippen LogP contribution in [0.2, 0.25) is 0 Å². The first kappa shape index (κ1) is 14.0. The van der Waals surface area contributed by atoms with Gasteiger partial charge in [0.2, 0.25) is 0 Å². The molecule has 4 heteroatoms. The number of Topliss-reactive ketones (excluding diaryl/α,β-unsaturated/α-hetero) is 2. The quantitative estimate of drug-likeness (QED) is 0.807. The molecule has 0 saturated carbocycles. The Balaban J connectivity index is 1.81. The number of methoxy groups -OCH3 is 1. The number of ketones is 2. The Morgan fingerprint density at radius 2 is 2.19 bits per heavy atom. The third kappa shape index (κ3) is 2.63. The topological polar surface area (TPSA) is 43.4 Å². The Hall–Kier alpha value is -1.94. The number of carbonyl (C=O) groups is 2. The zero-order valence-corrected chi connectivity index (χ0v) is 12.6. The van der Waals surface area contributed by atoms with Gasteiger partial charge in [-0.05, 0) is 30.4 Å². The highest BCUT2D eigenvalue weighted by molar-refractivity contribution is 7.12. The molecule has 2 aromatic rings. The van der Waals surface area contributed by atoms with Crippen molar-refractivity contribution >= 4 is 22.9 Å². The largest absolute Gasteiger partial charge is 0.496 e. The van der Waals surface area contributed by atoms with Crippen molar-refractivity contribution in [1.82, 2.24) is 0 Å². The van der Waals surface area contributed by atoms with Crippen LogP contribution < -0.4 is 4.74 Å².